The van der Waals surface area contributed by atoms with Crippen molar-refractivity contribution in [3.05, 3.63) is 56.2 Å². The first kappa shape index (κ1) is 22.3. The standard InChI is InChI=1S/C24H27N7O2/c1-3-4-14-30-20-21(27-23(30)29-13-7-10-19(26)16-29)28(2)24(33)31(22(20)32)15-18-9-6-5-8-17(18)11-12-25/h5-6,8-9,19H,7,10,13-16,25-26H2,1-2H3/t19-/m1/s1. The Bertz CT molecular complexity index is 1440. The molecule has 0 spiro atoms. The van der Waals surface area contributed by atoms with Gasteiger partial charge in [0, 0.05) is 37.8 Å². The largest absolute Gasteiger partial charge is 0.359 e. The van der Waals surface area contributed by atoms with Crippen LogP contribution in [0.25, 0.3) is 11.2 Å². The number of benzene rings is 1. The van der Waals surface area contributed by atoms with Gasteiger partial charge in [-0.25, -0.2) is 4.79 Å². The molecule has 0 saturated carbocycles. The van der Waals surface area contributed by atoms with E-state index in [9.17, 15) is 9.59 Å². The van der Waals surface area contributed by atoms with E-state index in [0.717, 1.165) is 24.9 Å². The maximum atomic E-state index is 13.7. The van der Waals surface area contributed by atoms with Crippen LogP contribution in [0.2, 0.25) is 0 Å². The third-order valence-electron chi connectivity index (χ3n) is 5.92. The molecule has 1 atom stereocenters. The van der Waals surface area contributed by atoms with Gasteiger partial charge in [-0.3, -0.25) is 18.5 Å². The lowest BCUT2D eigenvalue weighted by molar-refractivity contribution is 0.496. The van der Waals surface area contributed by atoms with Gasteiger partial charge in [0.05, 0.1) is 13.1 Å². The highest BCUT2D eigenvalue weighted by molar-refractivity contribution is 5.75. The molecule has 1 aliphatic rings. The Morgan fingerprint density at radius 1 is 1.21 bits per heavy atom. The Morgan fingerprint density at radius 3 is 2.73 bits per heavy atom. The van der Waals surface area contributed by atoms with Gasteiger partial charge in [0.25, 0.3) is 5.56 Å². The Balaban J connectivity index is 1.94. The van der Waals surface area contributed by atoms with Crippen molar-refractivity contribution < 1.29 is 0 Å². The van der Waals surface area contributed by atoms with Crippen LogP contribution in [0.1, 0.15) is 30.9 Å². The Morgan fingerprint density at radius 2 is 2.00 bits per heavy atom. The van der Waals surface area contributed by atoms with Crippen LogP contribution in [-0.2, 0) is 20.1 Å². The average molecular weight is 446 g/mol. The third kappa shape index (κ3) is 4.11. The molecule has 9 heteroatoms. The van der Waals surface area contributed by atoms with E-state index in [1.807, 2.05) is 24.3 Å². The van der Waals surface area contributed by atoms with E-state index in [1.165, 1.54) is 9.13 Å². The molecular formula is C24H27N7O2. The lowest BCUT2D eigenvalue weighted by Gasteiger charge is -2.31. The van der Waals surface area contributed by atoms with Gasteiger partial charge in [0.2, 0.25) is 5.95 Å². The number of piperidine rings is 1. The molecule has 3 heterocycles. The summed E-state index contributed by atoms with van der Waals surface area (Å²) in [5.41, 5.74) is 12.8. The van der Waals surface area contributed by atoms with E-state index in [-0.39, 0.29) is 19.1 Å². The van der Waals surface area contributed by atoms with Crippen LogP contribution < -0.4 is 27.6 Å². The fourth-order valence-corrected chi connectivity index (χ4v) is 4.27. The number of hydrogen-bond acceptors (Lipinski definition) is 6. The number of fused-ring (bicyclic) bond motifs is 1. The molecular weight excluding hydrogens is 418 g/mol. The van der Waals surface area contributed by atoms with Crippen LogP contribution in [-0.4, -0.2) is 37.8 Å². The average Bonchev–Trinajstić information content (AvgIpc) is 3.20. The lowest BCUT2D eigenvalue weighted by atomic mass is 10.1. The number of aryl methyl sites for hydroxylation is 1. The van der Waals surface area contributed by atoms with Crippen LogP contribution in [0.5, 0.6) is 0 Å². The van der Waals surface area contributed by atoms with Crippen molar-refractivity contribution in [1.82, 2.24) is 18.7 Å². The number of hydrogen-bond donors (Lipinski definition) is 2. The monoisotopic (exact) mass is 445 g/mol. The molecule has 33 heavy (non-hydrogen) atoms. The van der Waals surface area contributed by atoms with Crippen molar-refractivity contribution in [3.8, 4) is 23.8 Å². The van der Waals surface area contributed by atoms with Gasteiger partial charge in [0.15, 0.2) is 11.2 Å². The molecule has 0 radical (unpaired) electrons. The molecule has 1 aromatic carbocycles. The van der Waals surface area contributed by atoms with E-state index in [0.29, 0.717) is 29.2 Å². The summed E-state index contributed by atoms with van der Waals surface area (Å²) in [7, 11) is 1.63. The normalized spacial score (nSPS) is 15.6. The molecule has 1 saturated heterocycles. The van der Waals surface area contributed by atoms with Gasteiger partial charge in [-0.05, 0) is 37.3 Å². The molecule has 0 aliphatic carbocycles. The fourth-order valence-electron chi connectivity index (χ4n) is 4.27. The number of rotatable bonds is 4. The Kier molecular flexibility index (Phi) is 6.25. The summed E-state index contributed by atoms with van der Waals surface area (Å²) < 4.78 is 4.42. The van der Waals surface area contributed by atoms with Gasteiger partial charge < -0.3 is 16.4 Å². The van der Waals surface area contributed by atoms with Crippen LogP contribution in [0, 0.1) is 23.8 Å². The fraction of sp³-hybridized carbons (Fsp3) is 0.375. The first-order valence-electron chi connectivity index (χ1n) is 10.9. The minimum Gasteiger partial charge on any atom is -0.359 e. The Labute approximate surface area is 191 Å². The predicted octanol–water partition coefficient (Wildman–Crippen LogP) is 0.164. The summed E-state index contributed by atoms with van der Waals surface area (Å²) in [4.78, 5) is 33.6. The number of imidazole rings is 1. The second-order valence-corrected chi connectivity index (χ2v) is 8.10. The molecule has 9 nitrogen and oxygen atoms in total. The van der Waals surface area contributed by atoms with Crippen LogP contribution in [0.3, 0.4) is 0 Å². The molecule has 0 amide bonds. The summed E-state index contributed by atoms with van der Waals surface area (Å²) in [6.45, 7) is 3.52. The van der Waals surface area contributed by atoms with Crippen molar-refractivity contribution in [2.45, 2.75) is 38.9 Å². The van der Waals surface area contributed by atoms with Gasteiger partial charge in [-0.1, -0.05) is 24.1 Å². The molecule has 0 bridgehead atoms. The summed E-state index contributed by atoms with van der Waals surface area (Å²) in [5.74, 6) is 9.36. The smallest absolute Gasteiger partial charge is 0.332 e. The second kappa shape index (κ2) is 9.27. The highest BCUT2D eigenvalue weighted by Crippen LogP contribution is 2.23. The van der Waals surface area contributed by atoms with Gasteiger partial charge in [-0.15, -0.1) is 5.92 Å². The highest BCUT2D eigenvalue weighted by atomic mass is 16.2. The van der Waals surface area contributed by atoms with Gasteiger partial charge in [-0.2, -0.15) is 4.98 Å². The Hall–Kier alpha value is -3.95. The summed E-state index contributed by atoms with van der Waals surface area (Å²) in [6, 6.07) is 9.73. The molecule has 4 N–H and O–H groups in total. The van der Waals surface area contributed by atoms with Crippen LogP contribution >= 0.6 is 0 Å². The number of nitrogens with two attached hydrogens (primary N) is 2. The van der Waals surface area contributed by atoms with Crippen molar-refractivity contribution >= 4 is 17.1 Å². The van der Waals surface area contributed by atoms with Crippen molar-refractivity contribution in [2.24, 2.45) is 18.5 Å². The molecule has 3 aromatic rings. The molecule has 1 aliphatic heterocycles. The maximum absolute atomic E-state index is 13.7. The van der Waals surface area contributed by atoms with Gasteiger partial charge in [0.1, 0.15) is 0 Å². The van der Waals surface area contributed by atoms with Crippen LogP contribution in [0.4, 0.5) is 5.95 Å². The topological polar surface area (TPSA) is 117 Å². The molecule has 0 unspecified atom stereocenters. The minimum atomic E-state index is -0.448. The highest BCUT2D eigenvalue weighted by Gasteiger charge is 2.26. The van der Waals surface area contributed by atoms with Crippen molar-refractivity contribution in [2.75, 3.05) is 18.0 Å². The summed E-state index contributed by atoms with van der Waals surface area (Å²) in [6.07, 6.45) is 1.88. The van der Waals surface area contributed by atoms with E-state index in [2.05, 4.69) is 28.7 Å². The molecule has 4 rings (SSSR count). The number of anilines is 1. The second-order valence-electron chi connectivity index (χ2n) is 8.10. The number of aromatic nitrogens is 4. The predicted molar refractivity (Wildman–Crippen MR) is 129 cm³/mol. The quantitative estimate of drug-likeness (QED) is 0.437. The third-order valence-corrected chi connectivity index (χ3v) is 5.92. The van der Waals surface area contributed by atoms with E-state index in [4.69, 9.17) is 16.5 Å². The number of nitrogens with zero attached hydrogens (tertiary/aromatic N) is 5. The summed E-state index contributed by atoms with van der Waals surface area (Å²) in [5, 5.41) is 0. The minimum absolute atomic E-state index is 0.0323. The molecule has 1 fully saturated rings. The van der Waals surface area contributed by atoms with Crippen molar-refractivity contribution in [3.63, 3.8) is 0 Å². The van der Waals surface area contributed by atoms with Crippen LogP contribution in [0.15, 0.2) is 33.9 Å². The zero-order valence-corrected chi connectivity index (χ0v) is 18.8. The SMILES string of the molecule is CC#CCn1c(N2CCC[C@@H](N)C2)nc2c1c(=O)n(Cc1ccccc1C#CN)c(=O)n2C. The molecule has 2 aromatic heterocycles. The molecule has 170 valence electrons. The van der Waals surface area contributed by atoms with Gasteiger partial charge >= 0.3 is 5.69 Å². The first-order chi connectivity index (χ1) is 16.0. The first-order valence-corrected chi connectivity index (χ1v) is 10.9. The zero-order chi connectivity index (χ0) is 23.5. The van der Waals surface area contributed by atoms with E-state index in [1.54, 1.807) is 18.5 Å². The summed E-state index contributed by atoms with van der Waals surface area (Å²) >= 11 is 0. The zero-order valence-electron chi connectivity index (χ0n) is 18.8. The lowest BCUT2D eigenvalue weighted by Crippen LogP contribution is -2.44. The van der Waals surface area contributed by atoms with E-state index >= 15 is 0 Å². The van der Waals surface area contributed by atoms with E-state index < -0.39 is 11.2 Å². The van der Waals surface area contributed by atoms with Crippen molar-refractivity contribution in [1.29, 1.82) is 0 Å². The maximum Gasteiger partial charge on any atom is 0.332 e.